The summed E-state index contributed by atoms with van der Waals surface area (Å²) < 4.78 is 8.80. The number of anilines is 5. The Morgan fingerprint density at radius 1 is 0.477 bits per heavy atom. The number of likely N-dealkylation sites (tertiary alicyclic amines) is 1. The van der Waals surface area contributed by atoms with Crippen LogP contribution in [-0.4, -0.2) is 213 Å². The van der Waals surface area contributed by atoms with Crippen LogP contribution in [0, 0.1) is 23.7 Å². The molecule has 8 saturated heterocycles. The molecule has 0 spiro atoms. The van der Waals surface area contributed by atoms with Gasteiger partial charge in [-0.15, -0.1) is 24.8 Å². The SMILES string of the molecule is CC1(n2cc(Cc3ccc4c5c(cccc35)C(=O)N4C3CCC(=O)NC3=O)cn2)CCN(C(=O)C2CCN(c3ccccn3)CC2)CC1.CC1(n2cc(Cc3ccc4c5c(cccc35)C(=O)N4C3CCC(=O)NC3=O)cn2)CCNCC1.CNC(=O)C1CCN(c2ccccn2)CC1.COC(=O)C1CCNCC1.Cl.Cl.Clc1ccccn1.O=C(O)C1CCN(c2ccccn2)CC1. The molecular formula is C98H116Cl3N19O12. The van der Waals surface area contributed by atoms with Gasteiger partial charge in [0.15, 0.2) is 0 Å². The maximum Gasteiger partial charge on any atom is 0.308 e. The molecule has 4 aromatic carbocycles. The van der Waals surface area contributed by atoms with E-state index in [2.05, 4.69) is 112 Å². The number of carbonyl (C=O) groups excluding carboxylic acids is 9. The van der Waals surface area contributed by atoms with Crippen LogP contribution < -0.4 is 51.1 Å². The van der Waals surface area contributed by atoms with Crippen molar-refractivity contribution >= 4 is 146 Å². The average molecular weight is 1860 g/mol. The molecule has 6 N–H and O–H groups in total. The van der Waals surface area contributed by atoms with Gasteiger partial charge in [-0.1, -0.05) is 72.3 Å². The van der Waals surface area contributed by atoms with Gasteiger partial charge in [0.1, 0.15) is 34.7 Å². The van der Waals surface area contributed by atoms with Gasteiger partial charge in [0.05, 0.1) is 53.8 Å². The number of methoxy groups -OCH3 is 1. The molecule has 0 aliphatic carbocycles. The Bertz CT molecular complexity index is 5700. The number of nitrogens with one attached hydrogen (secondary N) is 5. The molecule has 10 aliphatic heterocycles. The van der Waals surface area contributed by atoms with Gasteiger partial charge in [0, 0.05) is 156 Å². The number of halogens is 3. The second-order valence-corrected chi connectivity index (χ2v) is 35.6. The molecule has 0 radical (unpaired) electrons. The minimum absolute atomic E-state index is 0. The number of piperidine rings is 8. The van der Waals surface area contributed by atoms with E-state index in [9.17, 15) is 47.9 Å². The maximum absolute atomic E-state index is 13.5. The van der Waals surface area contributed by atoms with Crippen LogP contribution in [0.2, 0.25) is 5.15 Å². The van der Waals surface area contributed by atoms with Crippen molar-refractivity contribution < 1.29 is 57.8 Å². The van der Waals surface area contributed by atoms with E-state index in [0.717, 1.165) is 210 Å². The molecule has 20 rings (SSSR count). The largest absolute Gasteiger partial charge is 0.481 e. The number of pyridine rings is 4. The number of ether oxygens (including phenoxy) is 1. The lowest BCUT2D eigenvalue weighted by atomic mass is 9.88. The summed E-state index contributed by atoms with van der Waals surface area (Å²) in [7, 11) is 3.15. The van der Waals surface area contributed by atoms with Crippen LogP contribution in [0.4, 0.5) is 28.8 Å². The molecule has 0 saturated carbocycles. The Balaban J connectivity index is 0.000000152. The van der Waals surface area contributed by atoms with Crippen molar-refractivity contribution in [3.05, 3.63) is 222 Å². The molecule has 2 atom stereocenters. The van der Waals surface area contributed by atoms with E-state index in [1.165, 1.54) is 7.11 Å². The summed E-state index contributed by atoms with van der Waals surface area (Å²) in [5, 5.41) is 36.7. The summed E-state index contributed by atoms with van der Waals surface area (Å²) in [6.45, 7) is 14.9. The van der Waals surface area contributed by atoms with E-state index in [4.69, 9.17) is 21.8 Å². The first-order valence-corrected chi connectivity index (χ1v) is 45.7. The first-order valence-electron chi connectivity index (χ1n) is 45.3. The summed E-state index contributed by atoms with van der Waals surface area (Å²) in [5.41, 5.74) is 6.89. The van der Waals surface area contributed by atoms with Crippen molar-refractivity contribution in [1.82, 2.24) is 71.0 Å². The third kappa shape index (κ3) is 22.7. The zero-order chi connectivity index (χ0) is 91.0. The van der Waals surface area contributed by atoms with Crippen LogP contribution in [0.5, 0.6) is 0 Å². The molecule has 10 aromatic rings. The summed E-state index contributed by atoms with van der Waals surface area (Å²) in [6.07, 6.45) is 28.2. The number of carboxylic acid groups (broad SMARTS) is 1. The summed E-state index contributed by atoms with van der Waals surface area (Å²) in [5.74, 6) is 1.05. The predicted octanol–water partition coefficient (Wildman–Crippen LogP) is 11.7. The molecule has 8 amide bonds. The highest BCUT2D eigenvalue weighted by atomic mass is 35.5. The Hall–Kier alpha value is -12.3. The lowest BCUT2D eigenvalue weighted by Crippen LogP contribution is -2.53. The molecule has 6 aromatic heterocycles. The molecule has 0 bridgehead atoms. The predicted molar refractivity (Wildman–Crippen MR) is 510 cm³/mol. The number of benzene rings is 4. The van der Waals surface area contributed by atoms with Crippen LogP contribution in [0.15, 0.2) is 183 Å². The highest BCUT2D eigenvalue weighted by Crippen LogP contribution is 2.45. The quantitative estimate of drug-likeness (QED) is 0.0315. The minimum Gasteiger partial charge on any atom is -0.481 e. The van der Waals surface area contributed by atoms with E-state index in [1.54, 1.807) is 41.5 Å². The molecule has 2 unspecified atom stereocenters. The number of aliphatic carboxylic acids is 1. The van der Waals surface area contributed by atoms with E-state index in [1.807, 2.05) is 146 Å². The number of nitrogens with zero attached hydrogens (tertiary/aromatic N) is 14. The standard InChI is InChI=1S/C37H39N7O4.C26H27N5O3.C12H17N3O.C11H14N2O2.C7H13NO2.C5H4ClN.2ClH/c1-37(14-19-42(20-15-37)35(47)25-12-17-41(18-13-25)31-7-2-3-16-38-31)43-23-24(22-39-43)21-26-8-9-29-33-27(26)5-4-6-28(33)36(48)44(29)30-10-11-32(45)40-34(30)46;1-26(9-11-27-12-10-26)30-15-16(14-28-30)13-17-5-6-20-23-18(17)3-2-4-19(23)25(34)31(20)21-7-8-22(32)29-24(21)33;1-13-12(16)10-5-8-15(9-6-10)11-4-2-3-7-14-11;14-11(15)9-4-7-13(8-5-9)10-3-1-2-6-12-10;1-10-7(9)6-2-4-8-5-3-6;6-5-3-1-2-4-7-5;;/h2-9,16,22-23,25,30H,10-15,17-21H2,1H3,(H,40,45,46);2-6,14-15,21,27H,7-13H2,1H3,(H,29,32,33);2-4,7,10H,5-6,8-9H2,1H3,(H,13,16);1-3,6,9H,4-5,7-8H2,(H,14,15);6,8H,2-5H2,1H3;1-4H;2*1H. The first kappa shape index (κ1) is 97.2. The summed E-state index contributed by atoms with van der Waals surface area (Å²) in [6, 6.07) is 41.1. The summed E-state index contributed by atoms with van der Waals surface area (Å²) in [4.78, 5) is 151. The highest BCUT2D eigenvalue weighted by Gasteiger charge is 2.44. The molecule has 132 heavy (non-hydrogen) atoms. The van der Waals surface area contributed by atoms with Gasteiger partial charge in [0.25, 0.3) is 11.8 Å². The third-order valence-corrected chi connectivity index (χ3v) is 27.1. The molecule has 34 heteroatoms. The molecule has 31 nitrogen and oxygen atoms in total. The number of amides is 8. The molecular weight excluding hydrogens is 1740 g/mol. The summed E-state index contributed by atoms with van der Waals surface area (Å²) >= 11 is 5.43. The number of hydrogen-bond acceptors (Lipinski definition) is 22. The van der Waals surface area contributed by atoms with Crippen molar-refractivity contribution in [2.75, 3.05) is 117 Å². The zero-order valence-electron chi connectivity index (χ0n) is 74.9. The second-order valence-electron chi connectivity index (χ2n) is 35.2. The van der Waals surface area contributed by atoms with Crippen LogP contribution in [0.25, 0.3) is 21.5 Å². The van der Waals surface area contributed by atoms with Gasteiger partial charge in [-0.2, -0.15) is 10.2 Å². The van der Waals surface area contributed by atoms with Gasteiger partial charge in [-0.05, 0) is 236 Å². The molecule has 10 aliphatic rings. The van der Waals surface area contributed by atoms with E-state index >= 15 is 0 Å². The van der Waals surface area contributed by atoms with E-state index in [-0.39, 0.29) is 114 Å². The van der Waals surface area contributed by atoms with E-state index in [0.29, 0.717) is 60.5 Å². The third-order valence-electron chi connectivity index (χ3n) is 26.9. The number of imide groups is 2. The Kier molecular flexibility index (Phi) is 33.0. The minimum atomic E-state index is -0.706. The average Bonchev–Trinajstić information content (AvgIpc) is 1.58. The van der Waals surface area contributed by atoms with Crippen LogP contribution in [-0.2, 0) is 67.0 Å². The first-order chi connectivity index (χ1) is 63.0. The van der Waals surface area contributed by atoms with Crippen molar-refractivity contribution in [3.63, 3.8) is 0 Å². The molecule has 8 fully saturated rings. The zero-order valence-corrected chi connectivity index (χ0v) is 77.3. The van der Waals surface area contributed by atoms with E-state index < -0.39 is 29.9 Å². The van der Waals surface area contributed by atoms with Crippen LogP contribution >= 0.6 is 36.4 Å². The number of rotatable bonds is 15. The van der Waals surface area contributed by atoms with Crippen LogP contribution in [0.1, 0.15) is 160 Å². The van der Waals surface area contributed by atoms with Gasteiger partial charge in [-0.25, -0.2) is 19.9 Å². The highest BCUT2D eigenvalue weighted by molar-refractivity contribution is 6.30. The van der Waals surface area contributed by atoms with Gasteiger partial charge < -0.3 is 45.4 Å². The fourth-order valence-electron chi connectivity index (χ4n) is 19.2. The van der Waals surface area contributed by atoms with Crippen molar-refractivity contribution in [2.45, 2.75) is 153 Å². The number of hydrogen-bond donors (Lipinski definition) is 6. The van der Waals surface area contributed by atoms with Gasteiger partial charge >= 0.3 is 11.9 Å². The molecule has 16 heterocycles. The fourth-order valence-corrected chi connectivity index (χ4v) is 19.3. The fraction of sp³-hybridized carbons (Fsp3) is 0.429. The van der Waals surface area contributed by atoms with Crippen molar-refractivity contribution in [2.24, 2.45) is 23.7 Å². The van der Waals surface area contributed by atoms with Crippen molar-refractivity contribution in [3.8, 4) is 0 Å². The van der Waals surface area contributed by atoms with Gasteiger partial charge in [0.2, 0.25) is 35.4 Å². The van der Waals surface area contributed by atoms with Gasteiger partial charge in [-0.3, -0.25) is 77.7 Å². The Morgan fingerprint density at radius 2 is 0.894 bits per heavy atom. The second kappa shape index (κ2) is 44.8. The Labute approximate surface area is 785 Å². The molecule has 696 valence electrons. The lowest BCUT2D eigenvalue weighted by Gasteiger charge is -2.41. The smallest absolute Gasteiger partial charge is 0.308 e. The Morgan fingerprint density at radius 3 is 1.28 bits per heavy atom. The van der Waals surface area contributed by atoms with Crippen LogP contribution in [0.3, 0.4) is 0 Å². The van der Waals surface area contributed by atoms with Crippen molar-refractivity contribution in [1.29, 1.82) is 0 Å². The number of esters is 1. The lowest BCUT2D eigenvalue weighted by molar-refractivity contribution is -0.146. The number of carbonyl (C=O) groups is 10. The topological polar surface area (TPSA) is 367 Å². The number of aromatic nitrogens is 8. The monoisotopic (exact) mass is 1860 g/mol. The number of carboxylic acids is 1. The normalized spacial score (nSPS) is 19.5. The maximum atomic E-state index is 13.5.